The largest absolute Gasteiger partial charge is 0.494 e. The number of benzene rings is 1. The van der Waals surface area contributed by atoms with Crippen molar-refractivity contribution in [1.29, 1.82) is 0 Å². The molecule has 0 bridgehead atoms. The second-order valence-electron chi connectivity index (χ2n) is 7.44. The van der Waals surface area contributed by atoms with Gasteiger partial charge in [-0.15, -0.1) is 11.3 Å². The third-order valence-corrected chi connectivity index (χ3v) is 6.36. The van der Waals surface area contributed by atoms with Crippen molar-refractivity contribution in [1.82, 2.24) is 10.2 Å². The van der Waals surface area contributed by atoms with Crippen LogP contribution in [0.2, 0.25) is 0 Å². The van der Waals surface area contributed by atoms with E-state index in [1.165, 1.54) is 16.0 Å². The summed E-state index contributed by atoms with van der Waals surface area (Å²) >= 11 is 1.83. The van der Waals surface area contributed by atoms with E-state index >= 15 is 0 Å². The molecule has 0 saturated carbocycles. The molecule has 5 nitrogen and oxygen atoms in total. The van der Waals surface area contributed by atoms with Gasteiger partial charge in [0.05, 0.1) is 25.9 Å². The van der Waals surface area contributed by atoms with E-state index in [1.54, 1.807) is 0 Å². The molecular weight excluding hydrogens is 372 g/mol. The monoisotopic (exact) mass is 402 g/mol. The van der Waals surface area contributed by atoms with Crippen molar-refractivity contribution in [3.63, 3.8) is 0 Å². The quantitative estimate of drug-likeness (QED) is 0.730. The van der Waals surface area contributed by atoms with Gasteiger partial charge in [0.15, 0.2) is 0 Å². The fraction of sp³-hybridized carbons (Fsp3) is 0.545. The molecule has 152 valence electrons. The Bertz CT molecular complexity index is 759. The zero-order valence-corrected chi connectivity index (χ0v) is 17.6. The van der Waals surface area contributed by atoms with Gasteiger partial charge in [-0.1, -0.05) is 6.07 Å². The van der Waals surface area contributed by atoms with Gasteiger partial charge in [0, 0.05) is 48.6 Å². The first-order valence-electron chi connectivity index (χ1n) is 10.3. The van der Waals surface area contributed by atoms with Crippen LogP contribution >= 0.6 is 11.3 Å². The van der Waals surface area contributed by atoms with Crippen molar-refractivity contribution in [3.05, 3.63) is 45.6 Å². The van der Waals surface area contributed by atoms with Gasteiger partial charge in [-0.05, 0) is 37.4 Å². The minimum atomic E-state index is 0.247. The van der Waals surface area contributed by atoms with E-state index in [2.05, 4.69) is 46.8 Å². The maximum Gasteiger partial charge on any atom is 0.124 e. The van der Waals surface area contributed by atoms with Crippen LogP contribution in [-0.4, -0.2) is 50.5 Å². The molecule has 2 aromatic rings. The molecular formula is C22H30N2O3S. The van der Waals surface area contributed by atoms with E-state index in [1.807, 2.05) is 18.3 Å². The number of fused-ring (bicyclic) bond motifs is 1. The maximum absolute atomic E-state index is 5.96. The molecule has 1 N–H and O–H groups in total. The average Bonchev–Trinajstić information content (AvgIpc) is 3.35. The fourth-order valence-electron chi connectivity index (χ4n) is 4.03. The molecule has 0 radical (unpaired) electrons. The molecule has 3 heterocycles. The summed E-state index contributed by atoms with van der Waals surface area (Å²) in [7, 11) is 0. The molecule has 0 spiro atoms. The fourth-order valence-corrected chi connectivity index (χ4v) is 4.89. The van der Waals surface area contributed by atoms with Gasteiger partial charge in [0.1, 0.15) is 17.6 Å². The topological polar surface area (TPSA) is 43.0 Å². The van der Waals surface area contributed by atoms with Crippen molar-refractivity contribution in [3.8, 4) is 11.5 Å². The van der Waals surface area contributed by atoms with Crippen molar-refractivity contribution in [2.75, 3.05) is 39.5 Å². The molecule has 1 fully saturated rings. The summed E-state index contributed by atoms with van der Waals surface area (Å²) in [4.78, 5) is 3.93. The smallest absolute Gasteiger partial charge is 0.124 e. The van der Waals surface area contributed by atoms with Gasteiger partial charge in [0.2, 0.25) is 0 Å². The zero-order chi connectivity index (χ0) is 19.3. The maximum atomic E-state index is 5.96. The predicted molar refractivity (Wildman–Crippen MR) is 113 cm³/mol. The molecule has 2 unspecified atom stereocenters. The Morgan fingerprint density at radius 1 is 1.32 bits per heavy atom. The van der Waals surface area contributed by atoms with E-state index in [-0.39, 0.29) is 6.10 Å². The molecule has 2 atom stereocenters. The summed E-state index contributed by atoms with van der Waals surface area (Å²) in [5, 5.41) is 5.84. The average molecular weight is 403 g/mol. The summed E-state index contributed by atoms with van der Waals surface area (Å²) in [6.07, 6.45) is 1.21. The number of nitrogens with zero attached hydrogens (tertiary/aromatic N) is 1. The van der Waals surface area contributed by atoms with Crippen molar-refractivity contribution in [2.45, 2.75) is 39.0 Å². The second kappa shape index (κ2) is 9.27. The Kier molecular flexibility index (Phi) is 6.52. The van der Waals surface area contributed by atoms with Crippen molar-refractivity contribution < 1.29 is 14.2 Å². The van der Waals surface area contributed by atoms with E-state index < -0.39 is 0 Å². The van der Waals surface area contributed by atoms with Crippen molar-refractivity contribution >= 4 is 11.3 Å². The zero-order valence-electron chi connectivity index (χ0n) is 16.8. The van der Waals surface area contributed by atoms with Crippen LogP contribution in [0.25, 0.3) is 0 Å². The van der Waals surface area contributed by atoms with E-state index in [0.717, 1.165) is 57.3 Å². The minimum Gasteiger partial charge on any atom is -0.494 e. The second-order valence-corrected chi connectivity index (χ2v) is 8.42. The molecule has 2 aliphatic rings. The van der Waals surface area contributed by atoms with Gasteiger partial charge < -0.3 is 19.5 Å². The van der Waals surface area contributed by atoms with E-state index in [9.17, 15) is 0 Å². The number of hydrogen-bond acceptors (Lipinski definition) is 6. The Morgan fingerprint density at radius 3 is 2.93 bits per heavy atom. The first-order chi connectivity index (χ1) is 13.7. The van der Waals surface area contributed by atoms with Gasteiger partial charge in [-0.3, -0.25) is 4.90 Å². The lowest BCUT2D eigenvalue weighted by atomic mass is 10.1. The summed E-state index contributed by atoms with van der Waals surface area (Å²) in [5.74, 6) is 1.99. The molecule has 1 aromatic carbocycles. The van der Waals surface area contributed by atoms with Crippen LogP contribution in [0.1, 0.15) is 35.9 Å². The van der Waals surface area contributed by atoms with E-state index in [4.69, 9.17) is 14.2 Å². The van der Waals surface area contributed by atoms with Crippen LogP contribution < -0.4 is 14.8 Å². The van der Waals surface area contributed by atoms with Gasteiger partial charge in [-0.2, -0.15) is 0 Å². The first kappa shape index (κ1) is 19.7. The van der Waals surface area contributed by atoms with Crippen LogP contribution in [0.4, 0.5) is 0 Å². The number of rotatable bonds is 8. The van der Waals surface area contributed by atoms with Gasteiger partial charge >= 0.3 is 0 Å². The predicted octanol–water partition coefficient (Wildman–Crippen LogP) is 3.63. The third kappa shape index (κ3) is 4.51. The Hall–Kier alpha value is -1.60. The highest BCUT2D eigenvalue weighted by Gasteiger charge is 2.24. The molecule has 4 rings (SSSR count). The highest BCUT2D eigenvalue weighted by atomic mass is 32.1. The lowest BCUT2D eigenvalue weighted by Crippen LogP contribution is -2.42. The molecule has 6 heteroatoms. The third-order valence-electron chi connectivity index (χ3n) is 5.39. The molecule has 1 saturated heterocycles. The highest BCUT2D eigenvalue weighted by Crippen LogP contribution is 2.35. The summed E-state index contributed by atoms with van der Waals surface area (Å²) in [6, 6.07) is 9.08. The number of nitrogens with one attached hydrogen (secondary N) is 1. The molecule has 1 aromatic heterocycles. The number of hydrogen-bond donors (Lipinski definition) is 1. The normalized spacial score (nSPS) is 20.6. The summed E-state index contributed by atoms with van der Waals surface area (Å²) in [5.41, 5.74) is 2.42. The summed E-state index contributed by atoms with van der Waals surface area (Å²) < 4.78 is 17.4. The number of morpholine rings is 1. The minimum absolute atomic E-state index is 0.247. The Balaban J connectivity index is 1.45. The highest BCUT2D eigenvalue weighted by molar-refractivity contribution is 7.10. The standard InChI is InChI=1S/C22H30N2O3S/c1-3-26-20-12-17-11-16(2)27-21(17)13-18(20)14-23-15-19(22-5-4-10-28-22)24-6-8-25-9-7-24/h4-5,10,12-13,16,19,23H,3,6-9,11,14-15H2,1-2H3. The lowest BCUT2D eigenvalue weighted by Gasteiger charge is -2.34. The Labute approximate surface area is 171 Å². The van der Waals surface area contributed by atoms with Gasteiger partial charge in [0.25, 0.3) is 0 Å². The van der Waals surface area contributed by atoms with Crippen LogP contribution in [-0.2, 0) is 17.7 Å². The van der Waals surface area contributed by atoms with Crippen molar-refractivity contribution in [2.24, 2.45) is 0 Å². The summed E-state index contributed by atoms with van der Waals surface area (Å²) in [6.45, 7) is 10.1. The lowest BCUT2D eigenvalue weighted by molar-refractivity contribution is 0.0168. The molecule has 2 aliphatic heterocycles. The Morgan fingerprint density at radius 2 is 2.18 bits per heavy atom. The van der Waals surface area contributed by atoms with Crippen LogP contribution in [0.15, 0.2) is 29.6 Å². The number of ether oxygens (including phenoxy) is 3. The van der Waals surface area contributed by atoms with Crippen LogP contribution in [0, 0.1) is 0 Å². The SMILES string of the molecule is CCOc1cc2c(cc1CNCC(c1cccs1)N1CCOCC1)OC(C)C2. The molecule has 0 amide bonds. The number of thiophene rings is 1. The molecule has 0 aliphatic carbocycles. The van der Waals surface area contributed by atoms with E-state index in [0.29, 0.717) is 12.6 Å². The first-order valence-corrected chi connectivity index (χ1v) is 11.1. The van der Waals surface area contributed by atoms with Gasteiger partial charge in [-0.25, -0.2) is 0 Å². The van der Waals surface area contributed by atoms with Crippen LogP contribution in [0.5, 0.6) is 11.5 Å². The van der Waals surface area contributed by atoms with Crippen LogP contribution in [0.3, 0.4) is 0 Å². The molecule has 28 heavy (non-hydrogen) atoms.